The van der Waals surface area contributed by atoms with E-state index in [1.54, 1.807) is 30.5 Å². The zero-order valence-electron chi connectivity index (χ0n) is 20.3. The van der Waals surface area contributed by atoms with Crippen LogP contribution in [-0.2, 0) is 4.79 Å². The van der Waals surface area contributed by atoms with Crippen molar-refractivity contribution in [1.29, 1.82) is 0 Å². The minimum Gasteiger partial charge on any atom is -0.457 e. The second-order valence-electron chi connectivity index (χ2n) is 9.02. The van der Waals surface area contributed by atoms with Crippen molar-refractivity contribution >= 4 is 40.1 Å². The Morgan fingerprint density at radius 1 is 1.03 bits per heavy atom. The summed E-state index contributed by atoms with van der Waals surface area (Å²) in [6.45, 7) is 1.22. The summed E-state index contributed by atoms with van der Waals surface area (Å²) in [5.74, 6) is 1.70. The van der Waals surface area contributed by atoms with E-state index in [4.69, 9.17) is 16.3 Å². The van der Waals surface area contributed by atoms with E-state index >= 15 is 0 Å². The van der Waals surface area contributed by atoms with Gasteiger partial charge in [0, 0.05) is 30.9 Å². The van der Waals surface area contributed by atoms with Gasteiger partial charge >= 0.3 is 0 Å². The number of nitrogens with one attached hydrogen (secondary N) is 2. The number of alkyl halides is 1. The Balaban J connectivity index is 1.35. The summed E-state index contributed by atoms with van der Waals surface area (Å²) in [4.78, 5) is 39.6. The summed E-state index contributed by atoms with van der Waals surface area (Å²) >= 11 is 5.87. The Bertz CT molecular complexity index is 1370. The van der Waals surface area contributed by atoms with Gasteiger partial charge in [-0.15, -0.1) is 11.6 Å². The molecule has 1 unspecified atom stereocenters. The van der Waals surface area contributed by atoms with E-state index < -0.39 is 0 Å². The molecule has 1 atom stereocenters. The number of likely N-dealkylation sites (tertiary alicyclic amines) is 1. The van der Waals surface area contributed by atoms with Crippen LogP contribution in [0.2, 0.25) is 0 Å². The molecule has 2 aromatic carbocycles. The van der Waals surface area contributed by atoms with E-state index in [0.717, 1.165) is 31.4 Å². The summed E-state index contributed by atoms with van der Waals surface area (Å²) in [5.41, 5.74) is 1.57. The van der Waals surface area contributed by atoms with Gasteiger partial charge in [-0.1, -0.05) is 31.0 Å². The highest BCUT2D eigenvalue weighted by atomic mass is 35.5. The average molecular weight is 518 g/mol. The average Bonchev–Trinajstić information content (AvgIpc) is 3.24. The second kappa shape index (κ2) is 11.4. The molecule has 9 heteroatoms. The molecule has 1 aliphatic heterocycles. The first kappa shape index (κ1) is 24.8. The Hall–Kier alpha value is -3.91. The van der Waals surface area contributed by atoms with Crippen LogP contribution in [0.5, 0.6) is 11.5 Å². The molecule has 0 spiro atoms. The van der Waals surface area contributed by atoms with Crippen molar-refractivity contribution in [3.8, 4) is 11.5 Å². The van der Waals surface area contributed by atoms with Gasteiger partial charge in [0.25, 0.3) is 0 Å². The number of anilines is 1. The van der Waals surface area contributed by atoms with Gasteiger partial charge in [-0.3, -0.25) is 9.59 Å². The number of carbonyl (C=O) groups excluding carboxylic acids is 2. The molecule has 1 aliphatic rings. The van der Waals surface area contributed by atoms with Crippen LogP contribution in [0.3, 0.4) is 0 Å². The number of hydrogen-bond acceptors (Lipinski definition) is 6. The van der Waals surface area contributed by atoms with Crippen LogP contribution < -0.4 is 10.1 Å². The van der Waals surface area contributed by atoms with Gasteiger partial charge in [0.2, 0.25) is 5.91 Å². The van der Waals surface area contributed by atoms with Crippen LogP contribution >= 0.6 is 11.6 Å². The molecule has 2 N–H and O–H groups in total. The fraction of sp³-hybridized carbons (Fsp3) is 0.286. The lowest BCUT2D eigenvalue weighted by atomic mass is 10.0. The van der Waals surface area contributed by atoms with Crippen molar-refractivity contribution in [2.45, 2.75) is 31.7 Å². The fourth-order valence-electron chi connectivity index (χ4n) is 4.74. The molecule has 3 heterocycles. The first-order valence-electron chi connectivity index (χ1n) is 12.4. The van der Waals surface area contributed by atoms with E-state index in [9.17, 15) is 9.59 Å². The molecule has 5 rings (SSSR count). The summed E-state index contributed by atoms with van der Waals surface area (Å²) in [6, 6.07) is 16.5. The molecular formula is C28H28ClN5O3. The van der Waals surface area contributed by atoms with Gasteiger partial charge < -0.3 is 19.9 Å². The predicted octanol–water partition coefficient (Wildman–Crippen LogP) is 5.40. The summed E-state index contributed by atoms with van der Waals surface area (Å²) in [7, 11) is 0. The molecule has 0 radical (unpaired) electrons. The molecule has 190 valence electrons. The SMILES string of the molecule is O=C(c1ccc(Oc2ccccc2)cc1)c1c[nH]c2ncnc(NCC3CCCCCN3C(=O)CCl)c12. The molecule has 1 amide bonds. The normalized spacial score (nSPS) is 15.8. The van der Waals surface area contributed by atoms with Crippen molar-refractivity contribution in [2.75, 3.05) is 24.3 Å². The monoisotopic (exact) mass is 517 g/mol. The number of fused-ring (bicyclic) bond motifs is 1. The Morgan fingerprint density at radius 2 is 1.81 bits per heavy atom. The zero-order valence-corrected chi connectivity index (χ0v) is 21.1. The first-order chi connectivity index (χ1) is 18.1. The zero-order chi connectivity index (χ0) is 25.6. The van der Waals surface area contributed by atoms with E-state index in [1.807, 2.05) is 35.2 Å². The smallest absolute Gasteiger partial charge is 0.237 e. The number of aromatic nitrogens is 3. The minimum atomic E-state index is -0.149. The highest BCUT2D eigenvalue weighted by Gasteiger charge is 2.26. The third kappa shape index (κ3) is 5.59. The standard InChI is InChI=1S/C28H28ClN5O3/c29-15-24(35)34-14-6-2-3-7-20(34)16-30-27-25-23(17-31-28(25)33-18-32-27)26(36)19-10-12-22(13-11-19)37-21-8-4-1-5-9-21/h1,4-5,8-13,17-18,20H,2-3,6-7,14-16H2,(H2,30,31,32,33). The largest absolute Gasteiger partial charge is 0.457 e. The van der Waals surface area contributed by atoms with Gasteiger partial charge in [-0.2, -0.15) is 0 Å². The van der Waals surface area contributed by atoms with Gasteiger partial charge in [-0.25, -0.2) is 9.97 Å². The molecule has 1 saturated heterocycles. The summed E-state index contributed by atoms with van der Waals surface area (Å²) in [6.07, 6.45) is 7.13. The van der Waals surface area contributed by atoms with Crippen molar-refractivity contribution in [3.05, 3.63) is 78.2 Å². The maximum Gasteiger partial charge on any atom is 0.237 e. The Morgan fingerprint density at radius 3 is 2.59 bits per heavy atom. The van der Waals surface area contributed by atoms with Crippen LogP contribution in [0.15, 0.2) is 67.1 Å². The van der Waals surface area contributed by atoms with E-state index in [1.165, 1.54) is 6.33 Å². The quantitative estimate of drug-likeness (QED) is 0.240. The van der Waals surface area contributed by atoms with E-state index in [0.29, 0.717) is 46.8 Å². The highest BCUT2D eigenvalue weighted by Crippen LogP contribution is 2.28. The van der Waals surface area contributed by atoms with Crippen LogP contribution in [-0.4, -0.2) is 56.6 Å². The molecule has 0 aliphatic carbocycles. The maximum absolute atomic E-state index is 13.5. The number of ketones is 1. The molecule has 2 aromatic heterocycles. The van der Waals surface area contributed by atoms with Crippen molar-refractivity contribution in [3.63, 3.8) is 0 Å². The number of aromatic amines is 1. The lowest BCUT2D eigenvalue weighted by Crippen LogP contribution is -2.44. The van der Waals surface area contributed by atoms with Crippen molar-refractivity contribution in [2.24, 2.45) is 0 Å². The topological polar surface area (TPSA) is 100 Å². The van der Waals surface area contributed by atoms with Gasteiger partial charge in [-0.05, 0) is 49.2 Å². The molecule has 37 heavy (non-hydrogen) atoms. The first-order valence-corrected chi connectivity index (χ1v) is 13.0. The summed E-state index contributed by atoms with van der Waals surface area (Å²) in [5, 5.41) is 4.01. The lowest BCUT2D eigenvalue weighted by molar-refractivity contribution is -0.130. The van der Waals surface area contributed by atoms with Gasteiger partial charge in [0.1, 0.15) is 35.2 Å². The Kier molecular flexibility index (Phi) is 7.65. The van der Waals surface area contributed by atoms with Crippen LogP contribution in [0.4, 0.5) is 5.82 Å². The number of amides is 1. The number of rotatable bonds is 8. The number of hydrogen-bond donors (Lipinski definition) is 2. The van der Waals surface area contributed by atoms with Crippen molar-refractivity contribution < 1.29 is 14.3 Å². The van der Waals surface area contributed by atoms with Crippen LogP contribution in [0, 0.1) is 0 Å². The maximum atomic E-state index is 13.5. The van der Waals surface area contributed by atoms with E-state index in [2.05, 4.69) is 20.3 Å². The number of carbonyl (C=O) groups is 2. The molecule has 0 saturated carbocycles. The second-order valence-corrected chi connectivity index (χ2v) is 9.29. The van der Waals surface area contributed by atoms with Gasteiger partial charge in [0.05, 0.1) is 10.9 Å². The fourth-order valence-corrected chi connectivity index (χ4v) is 4.89. The molecule has 0 bridgehead atoms. The number of H-pyrrole nitrogens is 1. The Labute approximate surface area is 220 Å². The number of halogens is 1. The van der Waals surface area contributed by atoms with Gasteiger partial charge in [0.15, 0.2) is 5.78 Å². The number of para-hydroxylation sites is 1. The minimum absolute atomic E-state index is 0.00835. The van der Waals surface area contributed by atoms with E-state index in [-0.39, 0.29) is 23.6 Å². The van der Waals surface area contributed by atoms with Crippen molar-refractivity contribution in [1.82, 2.24) is 19.9 Å². The predicted molar refractivity (Wildman–Crippen MR) is 143 cm³/mol. The summed E-state index contributed by atoms with van der Waals surface area (Å²) < 4.78 is 5.84. The third-order valence-corrected chi connectivity index (χ3v) is 6.86. The number of ether oxygens (including phenoxy) is 1. The van der Waals surface area contributed by atoms with Crippen LogP contribution in [0.25, 0.3) is 11.0 Å². The molecule has 1 fully saturated rings. The number of nitrogens with zero attached hydrogens (tertiary/aromatic N) is 3. The molecule has 8 nitrogen and oxygen atoms in total. The molecular weight excluding hydrogens is 490 g/mol. The number of benzene rings is 2. The van der Waals surface area contributed by atoms with Crippen LogP contribution in [0.1, 0.15) is 41.6 Å². The molecule has 4 aromatic rings. The third-order valence-electron chi connectivity index (χ3n) is 6.63. The lowest BCUT2D eigenvalue weighted by Gasteiger charge is -2.30. The highest BCUT2D eigenvalue weighted by molar-refractivity contribution is 6.27.